The number of rotatable bonds is 7. The molecule has 130 valence electrons. The summed E-state index contributed by atoms with van der Waals surface area (Å²) < 4.78 is 5.60. The molecule has 0 aliphatic carbocycles. The second-order valence-corrected chi connectivity index (χ2v) is 5.38. The van der Waals surface area contributed by atoms with Crippen molar-refractivity contribution in [2.24, 2.45) is 5.10 Å². The number of hydrogen-bond donors (Lipinski definition) is 3. The third kappa shape index (κ3) is 6.60. The number of amides is 1. The van der Waals surface area contributed by atoms with E-state index in [0.717, 1.165) is 17.8 Å². The van der Waals surface area contributed by atoms with E-state index < -0.39 is 0 Å². The first-order chi connectivity index (χ1) is 12.2. The monoisotopic (exact) mass is 356 g/mol. The van der Waals surface area contributed by atoms with E-state index >= 15 is 0 Å². The molecule has 0 aromatic heterocycles. The van der Waals surface area contributed by atoms with Crippen LogP contribution < -0.4 is 20.8 Å². The van der Waals surface area contributed by atoms with Gasteiger partial charge >= 0.3 is 0 Å². The van der Waals surface area contributed by atoms with Crippen molar-refractivity contribution in [3.8, 4) is 5.75 Å². The summed E-state index contributed by atoms with van der Waals surface area (Å²) in [4.78, 5) is 12.0. The number of ether oxygens (including phenoxy) is 1. The number of carbonyl (C=O) groups excluding carboxylic acids is 1. The Labute approximate surface area is 152 Å². The number of hydrazone groups is 1. The molecule has 0 aliphatic heterocycles. The van der Waals surface area contributed by atoms with Gasteiger partial charge in [0.1, 0.15) is 5.75 Å². The highest BCUT2D eigenvalue weighted by Crippen LogP contribution is 2.16. The van der Waals surface area contributed by atoms with Gasteiger partial charge < -0.3 is 15.4 Å². The smallest absolute Gasteiger partial charge is 0.262 e. The molecule has 2 rings (SSSR count). The highest BCUT2D eigenvalue weighted by atomic mass is 32.1. The molecule has 0 spiro atoms. The van der Waals surface area contributed by atoms with Crippen LogP contribution in [-0.4, -0.2) is 30.4 Å². The Hall–Kier alpha value is -2.93. The number of nitrogens with zero attached hydrogens (tertiary/aromatic N) is 1. The van der Waals surface area contributed by atoms with Crippen molar-refractivity contribution in [3.05, 3.63) is 60.2 Å². The van der Waals surface area contributed by atoms with Gasteiger partial charge in [0.05, 0.1) is 6.21 Å². The van der Waals surface area contributed by atoms with Crippen LogP contribution in [0.25, 0.3) is 0 Å². The second kappa shape index (κ2) is 10.0. The van der Waals surface area contributed by atoms with Crippen molar-refractivity contribution in [2.45, 2.75) is 6.92 Å². The minimum atomic E-state index is -0.232. The van der Waals surface area contributed by atoms with Gasteiger partial charge in [0.15, 0.2) is 11.7 Å². The Morgan fingerprint density at radius 3 is 2.64 bits per heavy atom. The molecule has 6 nitrogen and oxygen atoms in total. The number of thiocarbonyl (C=S) groups is 1. The minimum absolute atomic E-state index is 0.0943. The molecular formula is C18H20N4O2S. The average molecular weight is 356 g/mol. The maximum atomic E-state index is 12.0. The van der Waals surface area contributed by atoms with Crippen molar-refractivity contribution in [1.29, 1.82) is 0 Å². The number of para-hydroxylation sites is 2. The third-order valence-electron chi connectivity index (χ3n) is 3.04. The van der Waals surface area contributed by atoms with E-state index in [1.54, 1.807) is 12.3 Å². The fourth-order valence-electron chi connectivity index (χ4n) is 1.94. The Kier molecular flexibility index (Phi) is 7.40. The van der Waals surface area contributed by atoms with Gasteiger partial charge in [-0.1, -0.05) is 30.3 Å². The lowest BCUT2D eigenvalue weighted by molar-refractivity contribution is -0.118. The van der Waals surface area contributed by atoms with Crippen LogP contribution in [0.3, 0.4) is 0 Å². The molecule has 0 atom stereocenters. The highest BCUT2D eigenvalue weighted by molar-refractivity contribution is 7.80. The van der Waals surface area contributed by atoms with Crippen LogP contribution in [-0.2, 0) is 4.79 Å². The predicted octanol–water partition coefficient (Wildman–Crippen LogP) is 2.52. The predicted molar refractivity (Wildman–Crippen MR) is 104 cm³/mol. The van der Waals surface area contributed by atoms with E-state index in [4.69, 9.17) is 17.0 Å². The maximum absolute atomic E-state index is 12.0. The van der Waals surface area contributed by atoms with Crippen molar-refractivity contribution in [2.75, 3.05) is 18.5 Å². The molecule has 1 amide bonds. The maximum Gasteiger partial charge on any atom is 0.262 e. The Morgan fingerprint density at radius 2 is 1.88 bits per heavy atom. The molecule has 0 bridgehead atoms. The molecule has 2 aromatic rings. The van der Waals surface area contributed by atoms with E-state index in [1.165, 1.54) is 0 Å². The molecule has 25 heavy (non-hydrogen) atoms. The lowest BCUT2D eigenvalue weighted by Gasteiger charge is -2.09. The van der Waals surface area contributed by atoms with Crippen LogP contribution in [0.5, 0.6) is 5.75 Å². The van der Waals surface area contributed by atoms with E-state index in [9.17, 15) is 4.79 Å². The number of hydrogen-bond acceptors (Lipinski definition) is 4. The molecule has 0 fully saturated rings. The summed E-state index contributed by atoms with van der Waals surface area (Å²) in [5.41, 5.74) is 4.18. The molecule has 3 N–H and O–H groups in total. The summed E-state index contributed by atoms with van der Waals surface area (Å²) >= 11 is 5.03. The largest absolute Gasteiger partial charge is 0.483 e. The molecule has 0 aliphatic rings. The molecule has 0 radical (unpaired) electrons. The van der Waals surface area contributed by atoms with Gasteiger partial charge in [-0.15, -0.1) is 0 Å². The van der Waals surface area contributed by atoms with Crippen LogP contribution in [0, 0.1) is 0 Å². The van der Waals surface area contributed by atoms with Crippen molar-refractivity contribution >= 4 is 35.1 Å². The van der Waals surface area contributed by atoms with Gasteiger partial charge in [0.25, 0.3) is 5.91 Å². The zero-order valence-corrected chi connectivity index (χ0v) is 14.7. The fourth-order valence-corrected chi connectivity index (χ4v) is 2.14. The zero-order chi connectivity index (χ0) is 17.9. The Morgan fingerprint density at radius 1 is 1.16 bits per heavy atom. The number of carbonyl (C=O) groups is 1. The Balaban J connectivity index is 1.90. The SMILES string of the molecule is CCNC(=S)N/N=C\c1ccccc1OCC(=O)Nc1ccccc1. The van der Waals surface area contributed by atoms with E-state index in [0.29, 0.717) is 10.9 Å². The van der Waals surface area contributed by atoms with Crippen molar-refractivity contribution < 1.29 is 9.53 Å². The summed E-state index contributed by atoms with van der Waals surface area (Å²) in [7, 11) is 0. The van der Waals surface area contributed by atoms with Crippen LogP contribution in [0.15, 0.2) is 59.7 Å². The number of benzene rings is 2. The molecule has 0 unspecified atom stereocenters. The van der Waals surface area contributed by atoms with Crippen molar-refractivity contribution in [1.82, 2.24) is 10.7 Å². The standard InChI is InChI=1S/C18H20N4O2S/c1-2-19-18(25)22-20-12-14-8-6-7-11-16(14)24-13-17(23)21-15-9-4-3-5-10-15/h3-12H,2,13H2,1H3,(H,21,23)(H2,19,22,25)/b20-12-. The van der Waals surface area contributed by atoms with Crippen LogP contribution >= 0.6 is 12.2 Å². The summed E-state index contributed by atoms with van der Waals surface area (Å²) in [6.07, 6.45) is 1.59. The molecule has 0 heterocycles. The fraction of sp³-hybridized carbons (Fsp3) is 0.167. The lowest BCUT2D eigenvalue weighted by atomic mass is 10.2. The van der Waals surface area contributed by atoms with Crippen molar-refractivity contribution in [3.63, 3.8) is 0 Å². The van der Waals surface area contributed by atoms with Crippen LogP contribution in [0.4, 0.5) is 5.69 Å². The Bertz CT molecular complexity index is 735. The molecule has 0 saturated carbocycles. The second-order valence-electron chi connectivity index (χ2n) is 4.97. The normalized spacial score (nSPS) is 10.3. The van der Waals surface area contributed by atoms with Crippen LogP contribution in [0.2, 0.25) is 0 Å². The molecule has 7 heteroatoms. The molecular weight excluding hydrogens is 336 g/mol. The number of anilines is 1. The van der Waals surface area contributed by atoms with E-state index in [-0.39, 0.29) is 12.5 Å². The van der Waals surface area contributed by atoms with Gasteiger partial charge in [0, 0.05) is 17.8 Å². The van der Waals surface area contributed by atoms with Crippen LogP contribution in [0.1, 0.15) is 12.5 Å². The van der Waals surface area contributed by atoms with E-state index in [2.05, 4.69) is 21.2 Å². The van der Waals surface area contributed by atoms with Gasteiger partial charge in [-0.25, -0.2) is 0 Å². The van der Waals surface area contributed by atoms with Gasteiger partial charge in [-0.2, -0.15) is 5.10 Å². The van der Waals surface area contributed by atoms with Gasteiger partial charge in [-0.3, -0.25) is 10.2 Å². The topological polar surface area (TPSA) is 74.8 Å². The summed E-state index contributed by atoms with van der Waals surface area (Å²) in [6.45, 7) is 2.57. The minimum Gasteiger partial charge on any atom is -0.483 e. The third-order valence-corrected chi connectivity index (χ3v) is 3.28. The highest BCUT2D eigenvalue weighted by Gasteiger charge is 2.06. The zero-order valence-electron chi connectivity index (χ0n) is 13.9. The first kappa shape index (κ1) is 18.4. The lowest BCUT2D eigenvalue weighted by Crippen LogP contribution is -2.31. The number of nitrogens with one attached hydrogen (secondary N) is 3. The van der Waals surface area contributed by atoms with Gasteiger partial charge in [-0.05, 0) is 43.4 Å². The summed E-state index contributed by atoms with van der Waals surface area (Å²) in [5.74, 6) is 0.329. The van der Waals surface area contributed by atoms with E-state index in [1.807, 2.05) is 55.5 Å². The quantitative estimate of drug-likeness (QED) is 0.404. The summed E-state index contributed by atoms with van der Waals surface area (Å²) in [6, 6.07) is 16.5. The first-order valence-corrected chi connectivity index (χ1v) is 8.23. The summed E-state index contributed by atoms with van der Waals surface area (Å²) in [5, 5.41) is 10.2. The molecule has 0 saturated heterocycles. The average Bonchev–Trinajstić information content (AvgIpc) is 2.62. The molecule has 2 aromatic carbocycles. The van der Waals surface area contributed by atoms with Gasteiger partial charge in [0.2, 0.25) is 0 Å². The first-order valence-electron chi connectivity index (χ1n) is 7.82.